The van der Waals surface area contributed by atoms with Gasteiger partial charge >= 0.3 is 5.97 Å². The predicted octanol–water partition coefficient (Wildman–Crippen LogP) is 5.90. The topological polar surface area (TPSA) is 105 Å². The van der Waals surface area contributed by atoms with Crippen LogP contribution in [0.15, 0.2) is 47.1 Å². The molecule has 0 bridgehead atoms. The van der Waals surface area contributed by atoms with Gasteiger partial charge in [0.15, 0.2) is 6.61 Å². The molecule has 2 N–H and O–H groups in total. The fraction of sp³-hybridized carbons (Fsp3) is 0.636. The Labute approximate surface area is 237 Å². The number of oxime groups is 1. The molecule has 0 unspecified atom stereocenters. The summed E-state index contributed by atoms with van der Waals surface area (Å²) in [4.78, 5) is 41.6. The molecule has 0 aliphatic heterocycles. The fourth-order valence-electron chi connectivity index (χ4n) is 9.02. The molecular weight excluding hydrogens is 504 g/mol. The lowest BCUT2D eigenvalue weighted by Crippen LogP contribution is -2.51. The third-order valence-electron chi connectivity index (χ3n) is 11.1. The van der Waals surface area contributed by atoms with E-state index >= 15 is 0 Å². The summed E-state index contributed by atoms with van der Waals surface area (Å²) in [6.07, 6.45) is 10.9. The highest BCUT2D eigenvalue weighted by molar-refractivity contribution is 5.96. The number of aliphatic carboxylic acids is 1. The number of allylic oxidation sites excluding steroid dienone is 2. The summed E-state index contributed by atoms with van der Waals surface area (Å²) in [5.41, 5.74) is 3.59. The van der Waals surface area contributed by atoms with Gasteiger partial charge in [-0.25, -0.2) is 0 Å². The van der Waals surface area contributed by atoms with E-state index < -0.39 is 5.97 Å². The standard InChI is InChI=1S/C33H44N2O5/c1-21(36)27-11-12-28-26-10-9-24-18-25(13-15-32(24,2)29(26)14-16-33(27,28)3)35-40-20-30(37)34-19-23(17-31(38)39)22-7-5-4-6-8-22/h4-8,18,23,26-29H,9-17,19-20H2,1-3H3,(H,34,37)(H,38,39)/t23-,26-,27+,28-,29+,32+,33-/m1/s1. The van der Waals surface area contributed by atoms with Crippen LogP contribution in [0.3, 0.4) is 0 Å². The van der Waals surface area contributed by atoms with Crippen LogP contribution in [0.1, 0.15) is 90.0 Å². The highest BCUT2D eigenvalue weighted by Crippen LogP contribution is 2.66. The summed E-state index contributed by atoms with van der Waals surface area (Å²) in [6.45, 7) is 6.67. The molecule has 3 fully saturated rings. The molecule has 7 nitrogen and oxygen atoms in total. The highest BCUT2D eigenvalue weighted by atomic mass is 16.6. The number of fused-ring (bicyclic) bond motifs is 5. The minimum Gasteiger partial charge on any atom is -0.481 e. The molecule has 0 saturated heterocycles. The number of nitrogens with one attached hydrogen (secondary N) is 1. The van der Waals surface area contributed by atoms with Gasteiger partial charge in [-0.1, -0.05) is 54.9 Å². The van der Waals surface area contributed by atoms with Crippen LogP contribution < -0.4 is 5.32 Å². The van der Waals surface area contributed by atoms with Crippen molar-refractivity contribution in [2.75, 3.05) is 13.2 Å². The molecule has 3 saturated carbocycles. The van der Waals surface area contributed by atoms with Crippen LogP contribution in [0.2, 0.25) is 0 Å². The lowest BCUT2D eigenvalue weighted by molar-refractivity contribution is -0.137. The number of carboxylic acid groups (broad SMARTS) is 1. The average Bonchev–Trinajstić information content (AvgIpc) is 3.29. The summed E-state index contributed by atoms with van der Waals surface area (Å²) in [5, 5.41) is 16.4. The van der Waals surface area contributed by atoms with Gasteiger partial charge in [-0.05, 0) is 98.5 Å². The number of Topliss-reactive ketones (excluding diaryl/α,β-unsaturated/α-hetero) is 1. The second-order valence-electron chi connectivity index (χ2n) is 13.2. The third kappa shape index (κ3) is 5.48. The molecule has 7 atom stereocenters. The summed E-state index contributed by atoms with van der Waals surface area (Å²) < 4.78 is 0. The number of hydrogen-bond donors (Lipinski definition) is 2. The summed E-state index contributed by atoms with van der Waals surface area (Å²) in [5.74, 6) is 1.13. The molecule has 7 heteroatoms. The Morgan fingerprint density at radius 2 is 1.82 bits per heavy atom. The summed E-state index contributed by atoms with van der Waals surface area (Å²) in [6, 6.07) is 9.37. The van der Waals surface area contributed by atoms with Crippen molar-refractivity contribution in [1.82, 2.24) is 5.32 Å². The van der Waals surface area contributed by atoms with E-state index in [4.69, 9.17) is 4.84 Å². The number of nitrogens with zero attached hydrogens (tertiary/aromatic N) is 1. The molecule has 0 aromatic heterocycles. The van der Waals surface area contributed by atoms with Gasteiger partial charge in [0.1, 0.15) is 5.78 Å². The smallest absolute Gasteiger partial charge is 0.304 e. The maximum Gasteiger partial charge on any atom is 0.304 e. The Morgan fingerprint density at radius 1 is 1.05 bits per heavy atom. The minimum absolute atomic E-state index is 0.0566. The molecule has 0 heterocycles. The number of carbonyl (C=O) groups excluding carboxylic acids is 2. The summed E-state index contributed by atoms with van der Waals surface area (Å²) >= 11 is 0. The highest BCUT2D eigenvalue weighted by Gasteiger charge is 2.59. The number of hydrogen-bond acceptors (Lipinski definition) is 5. The van der Waals surface area contributed by atoms with E-state index in [2.05, 4.69) is 30.4 Å². The predicted molar refractivity (Wildman–Crippen MR) is 154 cm³/mol. The van der Waals surface area contributed by atoms with Gasteiger partial charge in [0.2, 0.25) is 0 Å². The number of amides is 1. The number of rotatable bonds is 9. The van der Waals surface area contributed by atoms with Gasteiger partial charge in [-0.15, -0.1) is 0 Å². The first-order chi connectivity index (χ1) is 19.1. The second-order valence-corrected chi connectivity index (χ2v) is 13.2. The zero-order valence-corrected chi connectivity index (χ0v) is 24.2. The molecule has 40 heavy (non-hydrogen) atoms. The Kier molecular flexibility index (Phi) is 8.21. The van der Waals surface area contributed by atoms with Gasteiger partial charge in [-0.2, -0.15) is 0 Å². The zero-order valence-electron chi connectivity index (χ0n) is 24.2. The van der Waals surface area contributed by atoms with E-state index in [0.29, 0.717) is 23.5 Å². The Hall–Kier alpha value is -2.96. The van der Waals surface area contributed by atoms with E-state index in [1.807, 2.05) is 30.3 Å². The third-order valence-corrected chi connectivity index (χ3v) is 11.1. The molecule has 5 rings (SSSR count). The van der Waals surface area contributed by atoms with E-state index in [0.717, 1.165) is 43.4 Å². The molecule has 1 amide bonds. The largest absolute Gasteiger partial charge is 0.481 e. The molecule has 0 spiro atoms. The Morgan fingerprint density at radius 3 is 2.55 bits per heavy atom. The lowest BCUT2D eigenvalue weighted by atomic mass is 9.46. The van der Waals surface area contributed by atoms with Gasteiger partial charge in [-0.3, -0.25) is 14.4 Å². The van der Waals surface area contributed by atoms with Crippen molar-refractivity contribution < 1.29 is 24.3 Å². The lowest BCUT2D eigenvalue weighted by Gasteiger charge is -2.58. The number of ketones is 1. The van der Waals surface area contributed by atoms with Gasteiger partial charge in [0.05, 0.1) is 12.1 Å². The second kappa shape index (κ2) is 11.5. The van der Waals surface area contributed by atoms with Crippen molar-refractivity contribution in [2.45, 2.75) is 84.5 Å². The fourth-order valence-corrected chi connectivity index (χ4v) is 9.02. The van der Waals surface area contributed by atoms with Crippen molar-refractivity contribution in [3.63, 3.8) is 0 Å². The molecule has 4 aliphatic carbocycles. The van der Waals surface area contributed by atoms with Crippen molar-refractivity contribution in [3.8, 4) is 0 Å². The molecule has 4 aliphatic rings. The maximum absolute atomic E-state index is 12.4. The van der Waals surface area contributed by atoms with Crippen molar-refractivity contribution >= 4 is 23.4 Å². The average molecular weight is 549 g/mol. The molecular formula is C33H44N2O5. The van der Waals surface area contributed by atoms with Crippen LogP contribution in [0, 0.1) is 34.5 Å². The van der Waals surface area contributed by atoms with Crippen LogP contribution in [0.5, 0.6) is 0 Å². The Bertz CT molecular complexity index is 1190. The van der Waals surface area contributed by atoms with Gasteiger partial charge in [0.25, 0.3) is 5.91 Å². The van der Waals surface area contributed by atoms with Gasteiger partial charge < -0.3 is 15.3 Å². The minimum atomic E-state index is -0.900. The number of carboxylic acids is 1. The van der Waals surface area contributed by atoms with Crippen LogP contribution in [0.4, 0.5) is 0 Å². The Balaban J connectivity index is 1.17. The molecule has 1 aromatic rings. The first-order valence-corrected chi connectivity index (χ1v) is 15.1. The van der Waals surface area contributed by atoms with Crippen LogP contribution >= 0.6 is 0 Å². The molecule has 1 aromatic carbocycles. The molecule has 216 valence electrons. The van der Waals surface area contributed by atoms with Gasteiger partial charge in [0, 0.05) is 18.4 Å². The first kappa shape index (κ1) is 28.6. The zero-order chi connectivity index (χ0) is 28.5. The first-order valence-electron chi connectivity index (χ1n) is 15.1. The normalized spacial score (nSPS) is 34.6. The van der Waals surface area contributed by atoms with Crippen LogP contribution in [-0.2, 0) is 19.2 Å². The summed E-state index contributed by atoms with van der Waals surface area (Å²) in [7, 11) is 0. The molecule has 0 radical (unpaired) electrons. The number of carbonyl (C=O) groups is 3. The van der Waals surface area contributed by atoms with E-state index in [9.17, 15) is 19.5 Å². The van der Waals surface area contributed by atoms with Crippen molar-refractivity contribution in [2.24, 2.45) is 39.7 Å². The van der Waals surface area contributed by atoms with E-state index in [1.165, 1.54) is 24.8 Å². The van der Waals surface area contributed by atoms with E-state index in [1.54, 1.807) is 6.92 Å². The van der Waals surface area contributed by atoms with Crippen molar-refractivity contribution in [1.29, 1.82) is 0 Å². The maximum atomic E-state index is 12.4. The quantitative estimate of drug-likeness (QED) is 0.374. The SMILES string of the molecule is CC(=O)[C@@H]1CC[C@@H]2[C@H]3CCC4=CC(=NOCC(=O)NC[C@@H](CC(=O)O)c5ccccc5)CC[C@]4(C)[C@H]3CC[C@@]21C. The van der Waals surface area contributed by atoms with Crippen LogP contribution in [-0.4, -0.2) is 41.6 Å². The van der Waals surface area contributed by atoms with Crippen LogP contribution in [0.25, 0.3) is 0 Å². The number of benzene rings is 1. The van der Waals surface area contributed by atoms with Crippen molar-refractivity contribution in [3.05, 3.63) is 47.5 Å². The monoisotopic (exact) mass is 548 g/mol. The van der Waals surface area contributed by atoms with E-state index in [-0.39, 0.29) is 48.1 Å².